The summed E-state index contributed by atoms with van der Waals surface area (Å²) < 4.78 is 29.1. The summed E-state index contributed by atoms with van der Waals surface area (Å²) in [5, 5.41) is 0. The number of hydrogen-bond donors (Lipinski definition) is 0. The summed E-state index contributed by atoms with van der Waals surface area (Å²) in [4.78, 5) is 0. The summed E-state index contributed by atoms with van der Waals surface area (Å²) in [7, 11) is 0. The third-order valence-electron chi connectivity index (χ3n) is 5.61. The van der Waals surface area contributed by atoms with Gasteiger partial charge in [-0.15, -0.1) is 0 Å². The highest BCUT2D eigenvalue weighted by Crippen LogP contribution is 2.34. The maximum absolute atomic E-state index is 6.27. The Bertz CT molecular complexity index is 1140. The Kier molecular flexibility index (Phi) is 9.91. The second-order valence-electron chi connectivity index (χ2n) is 8.47. The first-order valence-corrected chi connectivity index (χ1v) is 12.3. The molecule has 0 saturated carbocycles. The molecule has 0 unspecified atom stereocenters. The zero-order valence-electron chi connectivity index (χ0n) is 21.1. The highest BCUT2D eigenvalue weighted by atomic mass is 16.5. The first-order chi connectivity index (χ1) is 17.0. The molecule has 3 aromatic heterocycles. The lowest BCUT2D eigenvalue weighted by atomic mass is 10.0. The molecule has 0 amide bonds. The van der Waals surface area contributed by atoms with Gasteiger partial charge in [-0.2, -0.15) is 0 Å². The van der Waals surface area contributed by atoms with Gasteiger partial charge in [0.2, 0.25) is 0 Å². The van der Waals surface area contributed by atoms with Crippen molar-refractivity contribution in [1.82, 2.24) is 0 Å². The van der Waals surface area contributed by atoms with Crippen LogP contribution in [-0.4, -0.2) is 0 Å². The molecule has 0 aliphatic rings. The minimum Gasteiger partial charge on any atom is -0.462 e. The van der Waals surface area contributed by atoms with Crippen LogP contribution in [0.25, 0.3) is 28.8 Å². The quantitative estimate of drug-likeness (QED) is 0.161. The molecule has 0 radical (unpaired) electrons. The molecule has 0 saturated heterocycles. The van der Waals surface area contributed by atoms with Crippen LogP contribution in [0.1, 0.15) is 83.0 Å². The average molecular weight is 477 g/mol. The van der Waals surface area contributed by atoms with E-state index in [1.807, 2.05) is 31.2 Å². The molecule has 0 aliphatic carbocycles. The van der Waals surface area contributed by atoms with E-state index in [0.29, 0.717) is 46.1 Å². The summed E-state index contributed by atoms with van der Waals surface area (Å²) in [5.41, 5.74) is 1.09. The minimum absolute atomic E-state index is 0.378. The lowest BCUT2D eigenvalue weighted by Gasteiger charge is -2.13. The fourth-order valence-electron chi connectivity index (χ4n) is 3.66. The number of ether oxygens (including phenoxy) is 2. The van der Waals surface area contributed by atoms with Gasteiger partial charge in [0.25, 0.3) is 0 Å². The largest absolute Gasteiger partial charge is 0.462 e. The van der Waals surface area contributed by atoms with Crippen molar-refractivity contribution in [2.75, 3.05) is 0 Å². The predicted octanol–water partition coefficient (Wildman–Crippen LogP) is 9.82. The Hall–Kier alpha value is -3.60. The van der Waals surface area contributed by atoms with Gasteiger partial charge in [-0.1, -0.05) is 58.3 Å². The van der Waals surface area contributed by atoms with E-state index in [4.69, 9.17) is 22.7 Å². The lowest BCUT2D eigenvalue weighted by molar-refractivity contribution is 0.387. The zero-order chi connectivity index (χ0) is 25.0. The summed E-state index contributed by atoms with van der Waals surface area (Å²) in [6, 6.07) is 11.0. The number of hydrogen-bond acceptors (Lipinski definition) is 5. The van der Waals surface area contributed by atoms with Crippen LogP contribution in [0.4, 0.5) is 0 Å². The second kappa shape index (κ2) is 13.3. The zero-order valence-corrected chi connectivity index (χ0v) is 21.1. The fourth-order valence-corrected chi connectivity index (χ4v) is 3.66. The summed E-state index contributed by atoms with van der Waals surface area (Å²) in [6.07, 6.45) is 13.2. The lowest BCUT2D eigenvalue weighted by Crippen LogP contribution is -1.95. The molecule has 0 fully saturated rings. The van der Waals surface area contributed by atoms with Gasteiger partial charge in [0.05, 0.1) is 12.5 Å². The Morgan fingerprint density at radius 1 is 0.857 bits per heavy atom. The third kappa shape index (κ3) is 7.44. The van der Waals surface area contributed by atoms with E-state index in [9.17, 15) is 0 Å². The number of allylic oxidation sites excluding steroid dienone is 2. The fraction of sp³-hybridized carbons (Fsp3) is 0.333. The van der Waals surface area contributed by atoms with Crippen LogP contribution >= 0.6 is 0 Å². The molecular formula is C30H36O5. The van der Waals surface area contributed by atoms with Crippen molar-refractivity contribution in [1.29, 1.82) is 0 Å². The van der Waals surface area contributed by atoms with Gasteiger partial charge in [0.1, 0.15) is 0 Å². The van der Waals surface area contributed by atoms with Gasteiger partial charge in [-0.25, -0.2) is 0 Å². The van der Waals surface area contributed by atoms with Gasteiger partial charge in [-0.05, 0) is 68.7 Å². The van der Waals surface area contributed by atoms with Crippen molar-refractivity contribution in [3.8, 4) is 11.5 Å². The standard InChI is InChI=1S/C30H36O5/c1-6-8-9-10-11-12-14-22(3)30(29-19-18-28(35-29)27-15-13-21-32-27)33-24(5)26-17-16-25(34-26)23(4)31-20-7-2/h7,13,15-21H,4-6,8-12,14H2,1-3H3/b20-7-,30-22+. The molecule has 5 nitrogen and oxygen atoms in total. The van der Waals surface area contributed by atoms with Crippen molar-refractivity contribution in [2.45, 2.75) is 65.7 Å². The van der Waals surface area contributed by atoms with Crippen LogP contribution in [-0.2, 0) is 9.47 Å². The van der Waals surface area contributed by atoms with E-state index >= 15 is 0 Å². The smallest absolute Gasteiger partial charge is 0.170 e. The Morgan fingerprint density at radius 2 is 1.57 bits per heavy atom. The van der Waals surface area contributed by atoms with Gasteiger partial charge in [0, 0.05) is 0 Å². The van der Waals surface area contributed by atoms with Crippen LogP contribution in [0, 0.1) is 0 Å². The van der Waals surface area contributed by atoms with E-state index in [1.54, 1.807) is 30.7 Å². The molecule has 0 bridgehead atoms. The average Bonchev–Trinajstić information content (AvgIpc) is 3.64. The summed E-state index contributed by atoms with van der Waals surface area (Å²) in [6.45, 7) is 14.2. The molecule has 0 N–H and O–H groups in total. The van der Waals surface area contributed by atoms with E-state index in [0.717, 1.165) is 18.4 Å². The maximum atomic E-state index is 6.27. The summed E-state index contributed by atoms with van der Waals surface area (Å²) in [5.74, 6) is 4.36. The topological polar surface area (TPSA) is 57.9 Å². The van der Waals surface area contributed by atoms with Crippen LogP contribution in [0.3, 0.4) is 0 Å². The Morgan fingerprint density at radius 3 is 2.29 bits per heavy atom. The van der Waals surface area contributed by atoms with E-state index < -0.39 is 0 Å². The summed E-state index contributed by atoms with van der Waals surface area (Å²) >= 11 is 0. The number of unbranched alkanes of at least 4 members (excludes halogenated alkanes) is 5. The van der Waals surface area contributed by atoms with E-state index in [1.165, 1.54) is 32.1 Å². The molecule has 0 aliphatic heterocycles. The molecule has 3 rings (SSSR count). The molecular weight excluding hydrogens is 440 g/mol. The van der Waals surface area contributed by atoms with E-state index in [2.05, 4.69) is 27.0 Å². The van der Waals surface area contributed by atoms with Crippen molar-refractivity contribution in [3.63, 3.8) is 0 Å². The highest BCUT2D eigenvalue weighted by Gasteiger charge is 2.18. The molecule has 186 valence electrons. The van der Waals surface area contributed by atoms with Crippen LogP contribution in [0.5, 0.6) is 0 Å². The second-order valence-corrected chi connectivity index (χ2v) is 8.47. The molecule has 35 heavy (non-hydrogen) atoms. The molecule has 3 aromatic rings. The third-order valence-corrected chi connectivity index (χ3v) is 5.61. The van der Waals surface area contributed by atoms with E-state index in [-0.39, 0.29) is 0 Å². The molecule has 0 atom stereocenters. The Labute approximate surface area is 208 Å². The number of rotatable bonds is 15. The SMILES string of the molecule is C=C(O/C=C\C)c1ccc(C(=C)O/C(=C(\C)CCCCCCCC)c2ccc(-c3ccco3)o2)o1. The molecule has 0 spiro atoms. The van der Waals surface area contributed by atoms with Crippen molar-refractivity contribution in [3.05, 3.63) is 91.0 Å². The molecule has 3 heterocycles. The van der Waals surface area contributed by atoms with Crippen molar-refractivity contribution < 1.29 is 22.7 Å². The molecule has 0 aromatic carbocycles. The van der Waals surface area contributed by atoms with Crippen LogP contribution in [0.2, 0.25) is 0 Å². The minimum atomic E-state index is 0.378. The van der Waals surface area contributed by atoms with Crippen LogP contribution < -0.4 is 0 Å². The molecule has 5 heteroatoms. The first-order valence-electron chi connectivity index (χ1n) is 12.3. The van der Waals surface area contributed by atoms with Crippen molar-refractivity contribution in [2.24, 2.45) is 0 Å². The van der Waals surface area contributed by atoms with Crippen molar-refractivity contribution >= 4 is 17.3 Å². The van der Waals surface area contributed by atoms with Crippen LogP contribution in [0.15, 0.2) is 87.0 Å². The van der Waals surface area contributed by atoms with Gasteiger partial charge < -0.3 is 22.7 Å². The Balaban J connectivity index is 1.77. The normalized spacial score (nSPS) is 12.1. The monoisotopic (exact) mass is 476 g/mol. The van der Waals surface area contributed by atoms with Gasteiger partial charge >= 0.3 is 0 Å². The van der Waals surface area contributed by atoms with Gasteiger partial charge in [0.15, 0.2) is 46.1 Å². The highest BCUT2D eigenvalue weighted by molar-refractivity contribution is 5.68. The number of furan rings is 3. The first kappa shape index (κ1) is 26.0. The predicted molar refractivity (Wildman–Crippen MR) is 141 cm³/mol. The maximum Gasteiger partial charge on any atom is 0.170 e. The van der Waals surface area contributed by atoms with Gasteiger partial charge in [-0.3, -0.25) is 0 Å².